The molecule has 0 aromatic heterocycles. The molecule has 0 aromatic carbocycles. The summed E-state index contributed by atoms with van der Waals surface area (Å²) in [5.74, 6) is -0.249. The summed E-state index contributed by atoms with van der Waals surface area (Å²) in [5.41, 5.74) is 5.31. The van der Waals surface area contributed by atoms with Crippen molar-refractivity contribution in [2.75, 3.05) is 6.26 Å². The molecule has 1 fully saturated rings. The molecule has 70 valence electrons. The summed E-state index contributed by atoms with van der Waals surface area (Å²) in [6, 6.07) is 0. The van der Waals surface area contributed by atoms with Crippen LogP contribution in [0, 0.1) is 5.92 Å². The zero-order valence-electron chi connectivity index (χ0n) is 6.98. The largest absolute Gasteiger partial charge is 0.409 e. The number of nitrogens with zero attached hydrogens (tertiary/aromatic N) is 1. The SMILES string of the molecule is C[C@@H]1C[C@]1(/C(N)=N\O)S(C)(=O)=O. The van der Waals surface area contributed by atoms with Crippen LogP contribution < -0.4 is 5.73 Å². The Labute approximate surface area is 71.2 Å². The smallest absolute Gasteiger partial charge is 0.160 e. The molecule has 1 aliphatic rings. The highest BCUT2D eigenvalue weighted by molar-refractivity contribution is 7.93. The number of rotatable bonds is 2. The monoisotopic (exact) mass is 192 g/mol. The summed E-state index contributed by atoms with van der Waals surface area (Å²) < 4.78 is 21.4. The Morgan fingerprint density at radius 2 is 2.17 bits per heavy atom. The van der Waals surface area contributed by atoms with Crippen molar-refractivity contribution in [1.29, 1.82) is 0 Å². The van der Waals surface area contributed by atoms with Gasteiger partial charge >= 0.3 is 0 Å². The second kappa shape index (κ2) is 2.35. The van der Waals surface area contributed by atoms with Crippen molar-refractivity contribution < 1.29 is 13.6 Å². The summed E-state index contributed by atoms with van der Waals surface area (Å²) in [6.45, 7) is 1.76. The van der Waals surface area contributed by atoms with Crippen LogP contribution in [-0.2, 0) is 9.84 Å². The van der Waals surface area contributed by atoms with Crippen LogP contribution in [-0.4, -0.2) is 30.5 Å². The van der Waals surface area contributed by atoms with E-state index in [0.29, 0.717) is 6.42 Å². The fraction of sp³-hybridized carbons (Fsp3) is 0.833. The third-order valence-corrected chi connectivity index (χ3v) is 4.55. The zero-order chi connectivity index (χ0) is 9.57. The molecule has 0 heterocycles. The Hall–Kier alpha value is -0.780. The van der Waals surface area contributed by atoms with Crippen molar-refractivity contribution in [1.82, 2.24) is 0 Å². The molecule has 0 spiro atoms. The van der Waals surface area contributed by atoms with Gasteiger partial charge in [-0.2, -0.15) is 0 Å². The predicted octanol–water partition coefficient (Wildman–Crippen LogP) is -0.444. The Kier molecular flexibility index (Phi) is 1.82. The van der Waals surface area contributed by atoms with Gasteiger partial charge in [0.25, 0.3) is 0 Å². The second-order valence-electron chi connectivity index (χ2n) is 3.25. The Bertz CT molecular complexity index is 322. The van der Waals surface area contributed by atoms with Gasteiger partial charge in [-0.25, -0.2) is 8.42 Å². The van der Waals surface area contributed by atoms with E-state index < -0.39 is 14.6 Å². The fourth-order valence-electron chi connectivity index (χ4n) is 1.54. The number of oxime groups is 1. The first-order valence-electron chi connectivity index (χ1n) is 3.54. The lowest BCUT2D eigenvalue weighted by Gasteiger charge is -2.11. The molecule has 3 N–H and O–H groups in total. The minimum absolute atomic E-state index is 0.0524. The molecule has 12 heavy (non-hydrogen) atoms. The molecule has 0 amide bonds. The van der Waals surface area contributed by atoms with E-state index in [9.17, 15) is 8.42 Å². The van der Waals surface area contributed by atoms with Gasteiger partial charge < -0.3 is 10.9 Å². The molecule has 0 radical (unpaired) electrons. The third-order valence-electron chi connectivity index (χ3n) is 2.45. The van der Waals surface area contributed by atoms with Gasteiger partial charge in [0.05, 0.1) is 0 Å². The van der Waals surface area contributed by atoms with Gasteiger partial charge in [-0.05, 0) is 12.3 Å². The Morgan fingerprint density at radius 3 is 2.25 bits per heavy atom. The van der Waals surface area contributed by atoms with Crippen LogP contribution in [0.3, 0.4) is 0 Å². The van der Waals surface area contributed by atoms with Crippen molar-refractivity contribution in [2.45, 2.75) is 18.1 Å². The lowest BCUT2D eigenvalue weighted by molar-refractivity contribution is 0.316. The van der Waals surface area contributed by atoms with E-state index in [0.717, 1.165) is 6.26 Å². The minimum Gasteiger partial charge on any atom is -0.409 e. The van der Waals surface area contributed by atoms with Gasteiger partial charge in [-0.1, -0.05) is 12.1 Å². The van der Waals surface area contributed by atoms with E-state index in [1.165, 1.54) is 0 Å². The van der Waals surface area contributed by atoms with E-state index >= 15 is 0 Å². The normalized spacial score (nSPS) is 36.5. The van der Waals surface area contributed by atoms with Gasteiger partial charge in [0.2, 0.25) is 0 Å². The highest BCUT2D eigenvalue weighted by Gasteiger charge is 2.63. The second-order valence-corrected chi connectivity index (χ2v) is 5.52. The van der Waals surface area contributed by atoms with E-state index in [1.54, 1.807) is 6.92 Å². The quantitative estimate of drug-likeness (QED) is 0.268. The van der Waals surface area contributed by atoms with Gasteiger partial charge in [0.15, 0.2) is 15.7 Å². The number of hydrogen-bond acceptors (Lipinski definition) is 4. The maximum atomic E-state index is 11.3. The van der Waals surface area contributed by atoms with Gasteiger partial charge in [-0.15, -0.1) is 0 Å². The van der Waals surface area contributed by atoms with E-state index in [-0.39, 0.29) is 11.8 Å². The van der Waals surface area contributed by atoms with Crippen molar-refractivity contribution in [3.05, 3.63) is 0 Å². The topological polar surface area (TPSA) is 92.8 Å². The molecule has 5 nitrogen and oxygen atoms in total. The van der Waals surface area contributed by atoms with E-state index in [1.807, 2.05) is 0 Å². The van der Waals surface area contributed by atoms with Crippen LogP contribution in [0.25, 0.3) is 0 Å². The Morgan fingerprint density at radius 1 is 1.75 bits per heavy atom. The highest BCUT2D eigenvalue weighted by atomic mass is 32.2. The molecule has 0 saturated heterocycles. The number of sulfone groups is 1. The van der Waals surface area contributed by atoms with E-state index in [2.05, 4.69) is 5.16 Å². The van der Waals surface area contributed by atoms with Crippen LogP contribution in [0.5, 0.6) is 0 Å². The summed E-state index contributed by atoms with van der Waals surface area (Å²) in [4.78, 5) is 0. The van der Waals surface area contributed by atoms with Crippen LogP contribution >= 0.6 is 0 Å². The van der Waals surface area contributed by atoms with Crippen molar-refractivity contribution in [2.24, 2.45) is 16.8 Å². The first-order valence-corrected chi connectivity index (χ1v) is 5.43. The molecular formula is C6H12N2O3S. The molecule has 0 unspecified atom stereocenters. The maximum absolute atomic E-state index is 11.3. The predicted molar refractivity (Wildman–Crippen MR) is 44.8 cm³/mol. The van der Waals surface area contributed by atoms with Gasteiger partial charge in [0, 0.05) is 6.26 Å². The lowest BCUT2D eigenvalue weighted by Crippen LogP contribution is -2.39. The summed E-state index contributed by atoms with van der Waals surface area (Å²) in [6.07, 6.45) is 1.55. The summed E-state index contributed by atoms with van der Waals surface area (Å²) >= 11 is 0. The minimum atomic E-state index is -3.27. The highest BCUT2D eigenvalue weighted by Crippen LogP contribution is 2.49. The molecule has 6 heteroatoms. The molecule has 0 aliphatic heterocycles. The number of hydrogen-bond donors (Lipinski definition) is 2. The Balaban J connectivity index is 3.13. The average Bonchev–Trinajstić information content (AvgIpc) is 2.60. The molecule has 1 saturated carbocycles. The molecule has 0 aromatic rings. The van der Waals surface area contributed by atoms with Gasteiger partial charge in [0.1, 0.15) is 4.75 Å². The number of amidine groups is 1. The summed E-state index contributed by atoms with van der Waals surface area (Å²) in [5, 5.41) is 11.1. The van der Waals surface area contributed by atoms with Crippen LogP contribution in [0.4, 0.5) is 0 Å². The van der Waals surface area contributed by atoms with Crippen molar-refractivity contribution >= 4 is 15.7 Å². The summed E-state index contributed by atoms with van der Waals surface area (Å²) in [7, 11) is -3.27. The molecule has 0 bridgehead atoms. The molecule has 2 atom stereocenters. The average molecular weight is 192 g/mol. The lowest BCUT2D eigenvalue weighted by atomic mass is 10.3. The fourth-order valence-corrected chi connectivity index (χ4v) is 3.25. The third kappa shape index (κ3) is 0.979. The first kappa shape index (κ1) is 9.31. The van der Waals surface area contributed by atoms with Crippen LogP contribution in [0.15, 0.2) is 5.16 Å². The van der Waals surface area contributed by atoms with E-state index in [4.69, 9.17) is 10.9 Å². The van der Waals surface area contributed by atoms with Crippen molar-refractivity contribution in [3.8, 4) is 0 Å². The van der Waals surface area contributed by atoms with Gasteiger partial charge in [-0.3, -0.25) is 0 Å². The van der Waals surface area contributed by atoms with Crippen LogP contribution in [0.2, 0.25) is 0 Å². The van der Waals surface area contributed by atoms with Crippen LogP contribution in [0.1, 0.15) is 13.3 Å². The standard InChI is InChI=1S/C6H12N2O3S/c1-4-3-6(4,5(7)8-9)12(2,10)11/h4,9H,3H2,1-2H3,(H2,7,8)/t4-,6+/m1/s1. The number of nitrogens with two attached hydrogens (primary N) is 1. The first-order chi connectivity index (χ1) is 5.36. The van der Waals surface area contributed by atoms with Crippen molar-refractivity contribution in [3.63, 3.8) is 0 Å². The molecular weight excluding hydrogens is 180 g/mol. The molecule has 1 aliphatic carbocycles. The maximum Gasteiger partial charge on any atom is 0.160 e. The molecule has 1 rings (SSSR count). The zero-order valence-corrected chi connectivity index (χ0v) is 7.80.